The smallest absolute Gasteiger partial charge is 0.0678 e. The Balaban J connectivity index is 1.70. The quantitative estimate of drug-likeness (QED) is 0.747. The van der Waals surface area contributed by atoms with Crippen molar-refractivity contribution >= 4 is 0 Å². The van der Waals surface area contributed by atoms with Gasteiger partial charge in [0, 0.05) is 13.1 Å². The Morgan fingerprint density at radius 2 is 1.59 bits per heavy atom. The van der Waals surface area contributed by atoms with E-state index in [0.717, 1.165) is 13.1 Å². The molecule has 0 aromatic heterocycles. The summed E-state index contributed by atoms with van der Waals surface area (Å²) >= 11 is 0. The summed E-state index contributed by atoms with van der Waals surface area (Å²) in [6.07, 6.45) is 4.51. The number of hydrogen-bond acceptors (Lipinski definition) is 2. The molecule has 2 heteroatoms. The van der Waals surface area contributed by atoms with Gasteiger partial charge in [-0.3, -0.25) is 4.90 Å². The van der Waals surface area contributed by atoms with Crippen molar-refractivity contribution in [3.8, 4) is 0 Å². The Morgan fingerprint density at radius 3 is 2.14 bits per heavy atom. The van der Waals surface area contributed by atoms with Crippen molar-refractivity contribution in [1.82, 2.24) is 4.90 Å². The van der Waals surface area contributed by atoms with Crippen molar-refractivity contribution in [1.29, 1.82) is 0 Å². The summed E-state index contributed by atoms with van der Waals surface area (Å²) in [6, 6.07) is 9.19. The maximum Gasteiger partial charge on any atom is 0.0678 e. The fourth-order valence-electron chi connectivity index (χ4n) is 3.30. The van der Waals surface area contributed by atoms with E-state index in [4.69, 9.17) is 4.74 Å². The summed E-state index contributed by atoms with van der Waals surface area (Å²) in [6.45, 7) is 14.6. The Kier molecular flexibility index (Phi) is 6.05. The van der Waals surface area contributed by atoms with Crippen molar-refractivity contribution in [3.63, 3.8) is 0 Å². The van der Waals surface area contributed by atoms with Crippen LogP contribution in [0.15, 0.2) is 24.3 Å². The molecular weight excluding hydrogens is 270 g/mol. The topological polar surface area (TPSA) is 12.5 Å². The van der Waals surface area contributed by atoms with Gasteiger partial charge in [-0.05, 0) is 56.2 Å². The maximum absolute atomic E-state index is 5.79. The molecule has 0 spiro atoms. The molecule has 1 aliphatic rings. The van der Waals surface area contributed by atoms with Gasteiger partial charge >= 0.3 is 0 Å². The summed E-state index contributed by atoms with van der Waals surface area (Å²) in [5, 5.41) is 0. The average Bonchev–Trinajstić information content (AvgIpc) is 2.42. The number of aryl methyl sites for hydroxylation is 1. The molecule has 0 bridgehead atoms. The second kappa shape index (κ2) is 7.61. The van der Waals surface area contributed by atoms with Crippen molar-refractivity contribution in [3.05, 3.63) is 35.4 Å². The van der Waals surface area contributed by atoms with Crippen LogP contribution >= 0.6 is 0 Å². The Bertz CT molecular complexity index is 436. The minimum atomic E-state index is 0.252. The fraction of sp³-hybridized carbons (Fsp3) is 0.700. The van der Waals surface area contributed by atoms with Crippen molar-refractivity contribution in [2.45, 2.75) is 71.5 Å². The van der Waals surface area contributed by atoms with Crippen LogP contribution in [-0.4, -0.2) is 36.7 Å². The Labute approximate surface area is 136 Å². The Hall–Kier alpha value is -0.860. The summed E-state index contributed by atoms with van der Waals surface area (Å²) in [4.78, 5) is 2.56. The van der Waals surface area contributed by atoms with Crippen LogP contribution in [0.3, 0.4) is 0 Å². The molecule has 2 unspecified atom stereocenters. The van der Waals surface area contributed by atoms with Crippen LogP contribution in [0.5, 0.6) is 0 Å². The van der Waals surface area contributed by atoms with Crippen LogP contribution in [0, 0.1) is 0 Å². The second-order valence-corrected chi connectivity index (χ2v) is 7.92. The van der Waals surface area contributed by atoms with Crippen LogP contribution in [0.2, 0.25) is 0 Å². The van der Waals surface area contributed by atoms with E-state index >= 15 is 0 Å². The molecule has 2 rings (SSSR count). The lowest BCUT2D eigenvalue weighted by molar-refractivity contribution is -0.0681. The third kappa shape index (κ3) is 5.40. The number of rotatable bonds is 5. The molecule has 1 aromatic rings. The van der Waals surface area contributed by atoms with Gasteiger partial charge in [0.2, 0.25) is 0 Å². The zero-order chi connectivity index (χ0) is 16.2. The van der Waals surface area contributed by atoms with E-state index in [1.165, 1.54) is 36.9 Å². The van der Waals surface area contributed by atoms with Gasteiger partial charge < -0.3 is 4.74 Å². The van der Waals surface area contributed by atoms with Crippen LogP contribution in [-0.2, 0) is 16.6 Å². The predicted octanol–water partition coefficient (Wildman–Crippen LogP) is 4.42. The van der Waals surface area contributed by atoms with Gasteiger partial charge in [-0.25, -0.2) is 0 Å². The first kappa shape index (κ1) is 17.5. The first-order valence-corrected chi connectivity index (χ1v) is 8.82. The van der Waals surface area contributed by atoms with E-state index < -0.39 is 0 Å². The molecule has 0 saturated carbocycles. The highest BCUT2D eigenvalue weighted by atomic mass is 16.5. The van der Waals surface area contributed by atoms with Gasteiger partial charge in [0.25, 0.3) is 0 Å². The molecule has 0 radical (unpaired) electrons. The van der Waals surface area contributed by atoms with E-state index in [9.17, 15) is 0 Å². The first-order chi connectivity index (χ1) is 10.3. The zero-order valence-corrected chi connectivity index (χ0v) is 15.1. The average molecular weight is 303 g/mol. The fourth-order valence-corrected chi connectivity index (χ4v) is 3.30. The largest absolute Gasteiger partial charge is 0.373 e. The van der Waals surface area contributed by atoms with Crippen LogP contribution < -0.4 is 0 Å². The van der Waals surface area contributed by atoms with E-state index in [0.29, 0.717) is 12.2 Å². The van der Waals surface area contributed by atoms with E-state index in [1.54, 1.807) is 0 Å². The van der Waals surface area contributed by atoms with Gasteiger partial charge in [0.15, 0.2) is 0 Å². The standard InChI is InChI=1S/C20H33NO/c1-16-14-21(15-17(2)22-16)13-7-6-8-18-9-11-19(12-10-18)20(3,4)5/h9-12,16-17H,6-8,13-15H2,1-5H3. The zero-order valence-electron chi connectivity index (χ0n) is 15.1. The van der Waals surface area contributed by atoms with Crippen molar-refractivity contribution in [2.75, 3.05) is 19.6 Å². The number of morpholine rings is 1. The number of hydrogen-bond donors (Lipinski definition) is 0. The van der Waals surface area contributed by atoms with Gasteiger partial charge in [0.05, 0.1) is 12.2 Å². The molecule has 0 N–H and O–H groups in total. The second-order valence-electron chi connectivity index (χ2n) is 7.92. The molecule has 0 amide bonds. The lowest BCUT2D eigenvalue weighted by Gasteiger charge is -2.35. The number of unbranched alkanes of at least 4 members (excludes halogenated alkanes) is 1. The first-order valence-electron chi connectivity index (χ1n) is 8.82. The number of benzene rings is 1. The minimum absolute atomic E-state index is 0.252. The SMILES string of the molecule is CC1CN(CCCCc2ccc(C(C)(C)C)cc2)CC(C)O1. The van der Waals surface area contributed by atoms with Crippen molar-refractivity contribution < 1.29 is 4.74 Å². The molecular formula is C20H33NO. The van der Waals surface area contributed by atoms with Crippen LogP contribution in [0.25, 0.3) is 0 Å². The molecule has 2 nitrogen and oxygen atoms in total. The number of ether oxygens (including phenoxy) is 1. The maximum atomic E-state index is 5.79. The van der Waals surface area contributed by atoms with Crippen LogP contribution in [0.1, 0.15) is 58.6 Å². The molecule has 1 fully saturated rings. The molecule has 0 aliphatic carbocycles. The molecule has 2 atom stereocenters. The monoisotopic (exact) mass is 303 g/mol. The number of nitrogens with zero attached hydrogens (tertiary/aromatic N) is 1. The highest BCUT2D eigenvalue weighted by Gasteiger charge is 2.21. The summed E-state index contributed by atoms with van der Waals surface area (Å²) in [5.41, 5.74) is 3.15. The Morgan fingerprint density at radius 1 is 1.00 bits per heavy atom. The highest BCUT2D eigenvalue weighted by molar-refractivity contribution is 5.27. The predicted molar refractivity (Wildman–Crippen MR) is 94.5 cm³/mol. The van der Waals surface area contributed by atoms with E-state index in [1.807, 2.05) is 0 Å². The third-order valence-corrected chi connectivity index (χ3v) is 4.50. The van der Waals surface area contributed by atoms with Crippen molar-refractivity contribution in [2.24, 2.45) is 0 Å². The van der Waals surface area contributed by atoms with Gasteiger partial charge in [-0.2, -0.15) is 0 Å². The summed E-state index contributed by atoms with van der Waals surface area (Å²) in [7, 11) is 0. The normalized spacial score (nSPS) is 23.7. The molecule has 1 saturated heterocycles. The molecule has 1 heterocycles. The minimum Gasteiger partial charge on any atom is -0.373 e. The highest BCUT2D eigenvalue weighted by Crippen LogP contribution is 2.22. The van der Waals surface area contributed by atoms with E-state index in [2.05, 4.69) is 63.8 Å². The molecule has 1 aromatic carbocycles. The molecule has 1 aliphatic heterocycles. The molecule has 124 valence electrons. The molecule has 22 heavy (non-hydrogen) atoms. The van der Waals surface area contributed by atoms with E-state index in [-0.39, 0.29) is 5.41 Å². The lowest BCUT2D eigenvalue weighted by atomic mass is 9.86. The summed E-state index contributed by atoms with van der Waals surface area (Å²) < 4.78 is 5.79. The van der Waals surface area contributed by atoms with Gasteiger partial charge in [-0.15, -0.1) is 0 Å². The summed E-state index contributed by atoms with van der Waals surface area (Å²) in [5.74, 6) is 0. The van der Waals surface area contributed by atoms with Gasteiger partial charge in [0.1, 0.15) is 0 Å². The van der Waals surface area contributed by atoms with Gasteiger partial charge in [-0.1, -0.05) is 45.0 Å². The van der Waals surface area contributed by atoms with Crippen LogP contribution in [0.4, 0.5) is 0 Å². The lowest BCUT2D eigenvalue weighted by Crippen LogP contribution is -2.45. The third-order valence-electron chi connectivity index (χ3n) is 4.50.